The van der Waals surface area contributed by atoms with Gasteiger partial charge in [0, 0.05) is 29.8 Å². The lowest BCUT2D eigenvalue weighted by atomic mass is 10.0. The molecular weight excluding hydrogens is 500 g/mol. The van der Waals surface area contributed by atoms with Gasteiger partial charge in [0.05, 0.1) is 5.75 Å². The van der Waals surface area contributed by atoms with Crippen molar-refractivity contribution in [3.63, 3.8) is 0 Å². The topological polar surface area (TPSA) is 49.4 Å². The first kappa shape index (κ1) is 27.3. The van der Waals surface area contributed by atoms with Crippen LogP contribution in [0.3, 0.4) is 0 Å². The van der Waals surface area contributed by atoms with Gasteiger partial charge in [-0.25, -0.2) is 0 Å². The van der Waals surface area contributed by atoms with Crippen LogP contribution in [0.1, 0.15) is 47.9 Å². The van der Waals surface area contributed by atoms with Crippen LogP contribution >= 0.6 is 23.4 Å². The average molecular weight is 535 g/mol. The summed E-state index contributed by atoms with van der Waals surface area (Å²) in [6.45, 7) is 2.41. The lowest BCUT2D eigenvalue weighted by Gasteiger charge is -2.32. The first-order valence-electron chi connectivity index (χ1n) is 13.0. The number of carbonyl (C=O) groups excluding carboxylic acids is 2. The molecule has 0 heterocycles. The highest BCUT2D eigenvalue weighted by atomic mass is 35.5. The first-order valence-corrected chi connectivity index (χ1v) is 14.5. The number of nitrogens with zero attached hydrogens (tertiary/aromatic N) is 1. The van der Waals surface area contributed by atoms with E-state index < -0.39 is 6.04 Å². The number of benzene rings is 3. The number of aryl methyl sites for hydroxylation is 1. The van der Waals surface area contributed by atoms with E-state index in [1.807, 2.05) is 60.7 Å². The van der Waals surface area contributed by atoms with Crippen molar-refractivity contribution in [1.29, 1.82) is 0 Å². The van der Waals surface area contributed by atoms with Crippen molar-refractivity contribution in [1.82, 2.24) is 10.2 Å². The summed E-state index contributed by atoms with van der Waals surface area (Å²) >= 11 is 7.86. The molecule has 1 saturated carbocycles. The van der Waals surface area contributed by atoms with Gasteiger partial charge in [0.2, 0.25) is 11.8 Å². The quantitative estimate of drug-likeness (QED) is 0.302. The Morgan fingerprint density at radius 3 is 2.38 bits per heavy atom. The third-order valence-corrected chi connectivity index (χ3v) is 8.01. The second-order valence-corrected chi connectivity index (χ2v) is 11.3. The summed E-state index contributed by atoms with van der Waals surface area (Å²) in [5.41, 5.74) is 4.35. The number of amides is 2. The number of carbonyl (C=O) groups is 2. The van der Waals surface area contributed by atoms with Gasteiger partial charge in [-0.3, -0.25) is 9.59 Å². The Hall–Kier alpha value is -2.76. The third-order valence-electron chi connectivity index (χ3n) is 6.79. The standard InChI is InChI=1S/C31H35ClN2O2S/c1-23-9-7-13-26(17-23)21-37-22-30(35)34(20-25-12-8-14-27(32)18-25)29(19-24-10-3-2-4-11-24)31(36)33-28-15-5-6-16-28/h2-4,7-14,17-18,28-29H,5-6,15-16,19-22H2,1H3,(H,33,36). The molecule has 1 fully saturated rings. The van der Waals surface area contributed by atoms with E-state index in [2.05, 4.69) is 30.4 Å². The SMILES string of the molecule is Cc1cccc(CSCC(=O)N(Cc2cccc(Cl)c2)C(Cc2ccccc2)C(=O)NC2CCCC2)c1. The van der Waals surface area contributed by atoms with Gasteiger partial charge in [-0.2, -0.15) is 0 Å². The molecule has 194 valence electrons. The highest BCUT2D eigenvalue weighted by Gasteiger charge is 2.32. The predicted octanol–water partition coefficient (Wildman–Crippen LogP) is 6.58. The molecule has 4 nitrogen and oxygen atoms in total. The molecule has 2 amide bonds. The van der Waals surface area contributed by atoms with Gasteiger partial charge in [-0.05, 0) is 48.6 Å². The van der Waals surface area contributed by atoms with Gasteiger partial charge in [-0.1, -0.05) is 96.7 Å². The minimum atomic E-state index is -0.603. The molecule has 0 spiro atoms. The third kappa shape index (κ3) is 8.37. The minimum absolute atomic E-state index is 0.0415. The van der Waals surface area contributed by atoms with Gasteiger partial charge in [0.25, 0.3) is 0 Å². The van der Waals surface area contributed by atoms with Crippen LogP contribution in [0.4, 0.5) is 0 Å². The van der Waals surface area contributed by atoms with Crippen LogP contribution in [0.5, 0.6) is 0 Å². The molecule has 1 N–H and O–H groups in total. The number of hydrogen-bond donors (Lipinski definition) is 1. The Morgan fingerprint density at radius 1 is 0.946 bits per heavy atom. The maximum atomic E-state index is 13.8. The Balaban J connectivity index is 1.56. The summed E-state index contributed by atoms with van der Waals surface area (Å²) in [7, 11) is 0. The van der Waals surface area contributed by atoms with E-state index >= 15 is 0 Å². The molecule has 3 aromatic rings. The van der Waals surface area contributed by atoms with E-state index in [1.165, 1.54) is 11.1 Å². The van der Waals surface area contributed by atoms with E-state index in [4.69, 9.17) is 11.6 Å². The van der Waals surface area contributed by atoms with Crippen molar-refractivity contribution in [3.05, 3.63) is 106 Å². The fraction of sp³-hybridized carbons (Fsp3) is 0.355. The van der Waals surface area contributed by atoms with E-state index in [9.17, 15) is 9.59 Å². The number of thioether (sulfide) groups is 1. The fourth-order valence-electron chi connectivity index (χ4n) is 4.89. The van der Waals surface area contributed by atoms with E-state index in [1.54, 1.807) is 16.7 Å². The zero-order chi connectivity index (χ0) is 26.0. The zero-order valence-corrected chi connectivity index (χ0v) is 22.9. The second kappa shape index (κ2) is 13.7. The molecule has 37 heavy (non-hydrogen) atoms. The van der Waals surface area contributed by atoms with Crippen LogP contribution in [0.2, 0.25) is 5.02 Å². The number of halogens is 1. The van der Waals surface area contributed by atoms with Crippen molar-refractivity contribution >= 4 is 35.2 Å². The van der Waals surface area contributed by atoms with Crippen LogP contribution < -0.4 is 5.32 Å². The molecule has 0 saturated heterocycles. The van der Waals surface area contributed by atoms with Crippen molar-refractivity contribution in [2.45, 2.75) is 63.4 Å². The normalized spacial score (nSPS) is 14.3. The van der Waals surface area contributed by atoms with Crippen molar-refractivity contribution in [2.24, 2.45) is 0 Å². The monoisotopic (exact) mass is 534 g/mol. The Bertz CT molecular complexity index is 1180. The molecule has 1 atom stereocenters. The van der Waals surface area contributed by atoms with Crippen LogP contribution in [0.25, 0.3) is 0 Å². The molecule has 3 aromatic carbocycles. The lowest BCUT2D eigenvalue weighted by Crippen LogP contribution is -2.52. The van der Waals surface area contributed by atoms with Gasteiger partial charge >= 0.3 is 0 Å². The van der Waals surface area contributed by atoms with E-state index in [-0.39, 0.29) is 17.9 Å². The summed E-state index contributed by atoms with van der Waals surface area (Å²) < 4.78 is 0. The van der Waals surface area contributed by atoms with Crippen molar-refractivity contribution in [2.75, 3.05) is 5.75 Å². The van der Waals surface area contributed by atoms with Crippen molar-refractivity contribution in [3.8, 4) is 0 Å². The lowest BCUT2D eigenvalue weighted by molar-refractivity contribution is -0.139. The van der Waals surface area contributed by atoms with Gasteiger partial charge in [0.15, 0.2) is 0 Å². The Kier molecular flexibility index (Phi) is 10.1. The highest BCUT2D eigenvalue weighted by molar-refractivity contribution is 7.99. The van der Waals surface area contributed by atoms with Gasteiger partial charge in [-0.15, -0.1) is 11.8 Å². The van der Waals surface area contributed by atoms with Crippen molar-refractivity contribution < 1.29 is 9.59 Å². The molecule has 1 aliphatic rings. The zero-order valence-electron chi connectivity index (χ0n) is 21.4. The van der Waals surface area contributed by atoms with Crippen LogP contribution in [-0.4, -0.2) is 34.6 Å². The Morgan fingerprint density at radius 2 is 1.65 bits per heavy atom. The summed E-state index contributed by atoms with van der Waals surface area (Å²) in [6.07, 6.45) is 4.73. The van der Waals surface area contributed by atoms with E-state index in [0.717, 1.165) is 42.6 Å². The van der Waals surface area contributed by atoms with Crippen LogP contribution in [0.15, 0.2) is 78.9 Å². The highest BCUT2D eigenvalue weighted by Crippen LogP contribution is 2.22. The molecule has 1 aliphatic carbocycles. The molecular formula is C31H35ClN2O2S. The number of nitrogens with one attached hydrogen (secondary N) is 1. The summed E-state index contributed by atoms with van der Waals surface area (Å²) in [6, 6.07) is 25.4. The fourth-order valence-corrected chi connectivity index (χ4v) is 5.97. The van der Waals surface area contributed by atoms with Crippen LogP contribution in [0, 0.1) is 6.92 Å². The number of hydrogen-bond acceptors (Lipinski definition) is 3. The van der Waals surface area contributed by atoms with Gasteiger partial charge < -0.3 is 10.2 Å². The van der Waals surface area contributed by atoms with E-state index in [0.29, 0.717) is 23.7 Å². The average Bonchev–Trinajstić information content (AvgIpc) is 3.40. The van der Waals surface area contributed by atoms with Crippen LogP contribution in [-0.2, 0) is 28.3 Å². The molecule has 1 unspecified atom stereocenters. The molecule has 0 aliphatic heterocycles. The summed E-state index contributed by atoms with van der Waals surface area (Å²) in [4.78, 5) is 29.2. The Labute approximate surface area is 229 Å². The maximum absolute atomic E-state index is 13.8. The largest absolute Gasteiger partial charge is 0.352 e. The first-order chi connectivity index (χ1) is 18.0. The summed E-state index contributed by atoms with van der Waals surface area (Å²) in [5, 5.41) is 3.87. The minimum Gasteiger partial charge on any atom is -0.352 e. The molecule has 4 rings (SSSR count). The smallest absolute Gasteiger partial charge is 0.243 e. The molecule has 0 bridgehead atoms. The second-order valence-electron chi connectivity index (χ2n) is 9.83. The predicted molar refractivity (Wildman–Crippen MR) is 154 cm³/mol. The molecule has 6 heteroatoms. The summed E-state index contributed by atoms with van der Waals surface area (Å²) in [5.74, 6) is 0.932. The van der Waals surface area contributed by atoms with Gasteiger partial charge in [0.1, 0.15) is 6.04 Å². The molecule has 0 radical (unpaired) electrons. The molecule has 0 aromatic heterocycles. The number of rotatable bonds is 11. The maximum Gasteiger partial charge on any atom is 0.243 e.